The van der Waals surface area contributed by atoms with Crippen molar-refractivity contribution in [1.29, 1.82) is 0 Å². The molecule has 1 aromatic carbocycles. The summed E-state index contributed by atoms with van der Waals surface area (Å²) >= 11 is 3.02. The van der Waals surface area contributed by atoms with Crippen LogP contribution in [0.25, 0.3) is 22.8 Å². The average Bonchev–Trinajstić information content (AvgIpc) is 3.34. The first kappa shape index (κ1) is 14.9. The Balaban J connectivity index is 1.74. The molecule has 4 nitrogen and oxygen atoms in total. The second-order valence-electron chi connectivity index (χ2n) is 5.11. The number of carbonyl (C=O) groups is 1. The van der Waals surface area contributed by atoms with Crippen molar-refractivity contribution in [3.8, 4) is 0 Å². The molecule has 24 heavy (non-hydrogen) atoms. The van der Waals surface area contributed by atoms with Crippen molar-refractivity contribution >= 4 is 51.4 Å². The third kappa shape index (κ3) is 3.02. The highest BCUT2D eigenvalue weighted by Crippen LogP contribution is 2.21. The van der Waals surface area contributed by atoms with Gasteiger partial charge in [0.2, 0.25) is 0 Å². The molecule has 0 saturated heterocycles. The van der Waals surface area contributed by atoms with Gasteiger partial charge in [0.05, 0.1) is 21.6 Å². The number of nitrogens with one attached hydrogen (secondary N) is 2. The van der Waals surface area contributed by atoms with Gasteiger partial charge in [0, 0.05) is 4.88 Å². The molecule has 2 N–H and O–H groups in total. The Morgan fingerprint density at radius 1 is 1.04 bits per heavy atom. The molecule has 0 aliphatic heterocycles. The fourth-order valence-electron chi connectivity index (χ4n) is 2.35. The lowest BCUT2D eigenvalue weighted by Crippen LogP contribution is -2.21. The number of imidazole rings is 1. The second kappa shape index (κ2) is 6.43. The van der Waals surface area contributed by atoms with Crippen LogP contribution in [0.1, 0.15) is 20.4 Å². The zero-order chi connectivity index (χ0) is 16.4. The molecule has 4 rings (SSSR count). The molecule has 1 amide bonds. The normalized spacial score (nSPS) is 11.8. The maximum Gasteiger partial charge on any atom is 0.265 e. The second-order valence-corrected chi connectivity index (χ2v) is 7.03. The summed E-state index contributed by atoms with van der Waals surface area (Å²) in [6.45, 7) is 0. The molecule has 118 valence electrons. The van der Waals surface area contributed by atoms with Crippen LogP contribution < -0.4 is 5.32 Å². The number of benzene rings is 1. The topological polar surface area (TPSA) is 57.8 Å². The highest BCUT2D eigenvalue weighted by atomic mass is 32.1. The average molecular weight is 351 g/mol. The standard InChI is InChI=1S/C18H13N3OS2/c22-18(16-8-4-10-24-16)21-15(11-12-5-3-9-23-12)17-19-13-6-1-2-7-14(13)20-17/h1-11H,(H,19,20)(H,21,22)/b15-11+. The Bertz CT molecular complexity index is 965. The largest absolute Gasteiger partial charge is 0.337 e. The van der Waals surface area contributed by atoms with E-state index < -0.39 is 0 Å². The third-order valence-corrected chi connectivity index (χ3v) is 5.16. The molecule has 0 fully saturated rings. The SMILES string of the molecule is O=C(N/C(=C/c1cccs1)c1nc2ccccc2[nH]1)c1cccs1. The summed E-state index contributed by atoms with van der Waals surface area (Å²) in [4.78, 5) is 22.0. The van der Waals surface area contributed by atoms with Gasteiger partial charge in [-0.15, -0.1) is 22.7 Å². The summed E-state index contributed by atoms with van der Waals surface area (Å²) in [6, 6.07) is 15.5. The van der Waals surface area contributed by atoms with Crippen molar-refractivity contribution in [2.24, 2.45) is 0 Å². The van der Waals surface area contributed by atoms with Crippen LogP contribution in [-0.2, 0) is 0 Å². The molecule has 3 aromatic heterocycles. The third-order valence-electron chi connectivity index (χ3n) is 3.47. The zero-order valence-electron chi connectivity index (χ0n) is 12.5. The number of hydrogen-bond donors (Lipinski definition) is 2. The number of rotatable bonds is 4. The Morgan fingerprint density at radius 3 is 2.62 bits per heavy atom. The van der Waals surface area contributed by atoms with Gasteiger partial charge in [0.15, 0.2) is 5.82 Å². The van der Waals surface area contributed by atoms with Gasteiger partial charge in [-0.25, -0.2) is 4.98 Å². The Labute approximate surface area is 146 Å². The van der Waals surface area contributed by atoms with Gasteiger partial charge in [0.1, 0.15) is 0 Å². The minimum absolute atomic E-state index is 0.131. The van der Waals surface area contributed by atoms with Crippen LogP contribution in [0.2, 0.25) is 0 Å². The summed E-state index contributed by atoms with van der Waals surface area (Å²) in [5.41, 5.74) is 2.47. The van der Waals surface area contributed by atoms with E-state index in [1.165, 1.54) is 11.3 Å². The van der Waals surface area contributed by atoms with Crippen molar-refractivity contribution in [2.45, 2.75) is 0 Å². The Hall–Kier alpha value is -2.70. The number of aromatic amines is 1. The number of thiophene rings is 2. The summed E-state index contributed by atoms with van der Waals surface area (Å²) in [6.07, 6.45) is 1.94. The monoisotopic (exact) mass is 351 g/mol. The van der Waals surface area contributed by atoms with Gasteiger partial charge in [-0.05, 0) is 41.1 Å². The first-order valence-electron chi connectivity index (χ1n) is 7.35. The van der Waals surface area contributed by atoms with Gasteiger partial charge in [0.25, 0.3) is 5.91 Å². The van der Waals surface area contributed by atoms with E-state index in [0.29, 0.717) is 16.4 Å². The molecule has 0 aliphatic carbocycles. The molecule has 6 heteroatoms. The van der Waals surface area contributed by atoms with Crippen LogP contribution >= 0.6 is 22.7 Å². The lowest BCUT2D eigenvalue weighted by molar-refractivity contribution is 0.0977. The molecular weight excluding hydrogens is 338 g/mol. The minimum Gasteiger partial charge on any atom is -0.337 e. The number of amides is 1. The first-order valence-corrected chi connectivity index (χ1v) is 9.11. The lowest BCUT2D eigenvalue weighted by atomic mass is 10.3. The highest BCUT2D eigenvalue weighted by Gasteiger charge is 2.14. The maximum atomic E-state index is 12.5. The molecular formula is C18H13N3OS2. The van der Waals surface area contributed by atoms with Crippen molar-refractivity contribution in [3.63, 3.8) is 0 Å². The van der Waals surface area contributed by atoms with E-state index >= 15 is 0 Å². The number of nitrogens with zero attached hydrogens (tertiary/aromatic N) is 1. The zero-order valence-corrected chi connectivity index (χ0v) is 14.2. The molecule has 4 aromatic rings. The van der Waals surface area contributed by atoms with Crippen molar-refractivity contribution in [2.75, 3.05) is 0 Å². The highest BCUT2D eigenvalue weighted by molar-refractivity contribution is 7.12. The van der Waals surface area contributed by atoms with E-state index in [1.54, 1.807) is 17.4 Å². The Morgan fingerprint density at radius 2 is 1.88 bits per heavy atom. The van der Waals surface area contributed by atoms with Crippen molar-refractivity contribution in [1.82, 2.24) is 15.3 Å². The van der Waals surface area contributed by atoms with Crippen molar-refractivity contribution < 1.29 is 4.79 Å². The maximum absolute atomic E-state index is 12.5. The first-order chi connectivity index (χ1) is 11.8. The van der Waals surface area contributed by atoms with E-state index in [9.17, 15) is 4.79 Å². The number of aromatic nitrogens is 2. The van der Waals surface area contributed by atoms with Crippen LogP contribution in [0.15, 0.2) is 59.3 Å². The van der Waals surface area contributed by atoms with E-state index in [-0.39, 0.29) is 5.91 Å². The summed E-state index contributed by atoms with van der Waals surface area (Å²) in [7, 11) is 0. The fourth-order valence-corrected chi connectivity index (χ4v) is 3.63. The predicted molar refractivity (Wildman–Crippen MR) is 100 cm³/mol. The number of carbonyl (C=O) groups excluding carboxylic acids is 1. The van der Waals surface area contributed by atoms with Gasteiger partial charge in [-0.3, -0.25) is 4.79 Å². The molecule has 0 atom stereocenters. The van der Waals surface area contributed by atoms with Crippen LogP contribution in [0.5, 0.6) is 0 Å². The van der Waals surface area contributed by atoms with Gasteiger partial charge in [-0.1, -0.05) is 24.3 Å². The summed E-state index contributed by atoms with van der Waals surface area (Å²) < 4.78 is 0. The molecule has 0 radical (unpaired) electrons. The minimum atomic E-state index is -0.131. The van der Waals surface area contributed by atoms with E-state index in [4.69, 9.17) is 0 Å². The quantitative estimate of drug-likeness (QED) is 0.564. The Kier molecular flexibility index (Phi) is 3.98. The van der Waals surface area contributed by atoms with E-state index in [0.717, 1.165) is 15.9 Å². The van der Waals surface area contributed by atoms with Crippen LogP contribution in [0, 0.1) is 0 Å². The molecule has 0 bridgehead atoms. The molecule has 0 unspecified atom stereocenters. The predicted octanol–water partition coefficient (Wildman–Crippen LogP) is 4.61. The smallest absolute Gasteiger partial charge is 0.265 e. The summed E-state index contributed by atoms with van der Waals surface area (Å²) in [5, 5.41) is 6.87. The number of fused-ring (bicyclic) bond motifs is 1. The number of hydrogen-bond acceptors (Lipinski definition) is 4. The molecule has 3 heterocycles. The molecule has 0 aliphatic rings. The van der Waals surface area contributed by atoms with Gasteiger partial charge < -0.3 is 10.3 Å². The van der Waals surface area contributed by atoms with Gasteiger partial charge >= 0.3 is 0 Å². The van der Waals surface area contributed by atoms with Gasteiger partial charge in [-0.2, -0.15) is 0 Å². The van der Waals surface area contributed by atoms with Crippen LogP contribution in [-0.4, -0.2) is 15.9 Å². The summed E-state index contributed by atoms with van der Waals surface area (Å²) in [5.74, 6) is 0.516. The van der Waals surface area contributed by atoms with Crippen molar-refractivity contribution in [3.05, 3.63) is 74.9 Å². The van der Waals surface area contributed by atoms with Crippen LogP contribution in [0.4, 0.5) is 0 Å². The lowest BCUT2D eigenvalue weighted by Gasteiger charge is -2.06. The molecule has 0 spiro atoms. The van der Waals surface area contributed by atoms with E-state index in [1.807, 2.05) is 59.3 Å². The number of H-pyrrole nitrogens is 1. The fraction of sp³-hybridized carbons (Fsp3) is 0. The van der Waals surface area contributed by atoms with E-state index in [2.05, 4.69) is 15.3 Å². The van der Waals surface area contributed by atoms with Crippen LogP contribution in [0.3, 0.4) is 0 Å². The molecule has 0 saturated carbocycles. The number of para-hydroxylation sites is 2.